The van der Waals surface area contributed by atoms with Crippen LogP contribution in [-0.2, 0) is 4.74 Å². The van der Waals surface area contributed by atoms with Gasteiger partial charge < -0.3 is 14.9 Å². The Bertz CT molecular complexity index is 586. The number of likely N-dealkylation sites (tertiary alicyclic amines) is 1. The maximum atomic E-state index is 12.3. The van der Waals surface area contributed by atoms with Crippen LogP contribution in [0.1, 0.15) is 44.5 Å². The smallest absolute Gasteiger partial charge is 0.410 e. The summed E-state index contributed by atoms with van der Waals surface area (Å²) in [6.45, 7) is 7.29. The average Bonchev–Trinajstić information content (AvgIpc) is 2.76. The van der Waals surface area contributed by atoms with Crippen LogP contribution in [0.5, 0.6) is 5.75 Å². The molecule has 7 heteroatoms. The average molecular weight is 373 g/mol. The summed E-state index contributed by atoms with van der Waals surface area (Å²) in [6.07, 6.45) is 0.710. The Morgan fingerprint density at radius 3 is 2.73 bits per heavy atom. The summed E-state index contributed by atoms with van der Waals surface area (Å²) < 4.78 is 5.87. The van der Waals surface area contributed by atoms with Gasteiger partial charge in [-0.1, -0.05) is 0 Å². The second-order valence-electron chi connectivity index (χ2n) is 6.50. The van der Waals surface area contributed by atoms with Gasteiger partial charge in [-0.3, -0.25) is 9.88 Å². The molecule has 22 heavy (non-hydrogen) atoms. The molecule has 1 fully saturated rings. The Morgan fingerprint density at radius 2 is 2.14 bits per heavy atom. The van der Waals surface area contributed by atoms with Crippen molar-refractivity contribution in [3.05, 3.63) is 21.9 Å². The zero-order valence-corrected chi connectivity index (χ0v) is 14.7. The number of amides is 1. The molecule has 1 aliphatic rings. The first-order valence-corrected chi connectivity index (χ1v) is 7.91. The standard InChI is InChI=1S/C15H21BrN2O4/c1-8-12(16)13(20)10(6-17-8)11-5-9(19)7-18(11)14(21)22-15(2,3)4/h6,9,11,19H,5,7H2,1-4H3,(H,17,20)/t9-,11?/m1/s1. The van der Waals surface area contributed by atoms with E-state index in [0.717, 1.165) is 0 Å². The summed E-state index contributed by atoms with van der Waals surface area (Å²) in [7, 11) is 0. The van der Waals surface area contributed by atoms with Crippen LogP contribution in [-0.4, -0.2) is 44.4 Å². The molecule has 0 spiro atoms. The predicted octanol–water partition coefficient (Wildman–Crippen LogP) is 2.90. The van der Waals surface area contributed by atoms with E-state index in [4.69, 9.17) is 4.74 Å². The van der Waals surface area contributed by atoms with Gasteiger partial charge in [0.2, 0.25) is 0 Å². The Labute approximate surface area is 138 Å². The Hall–Kier alpha value is -1.34. The van der Waals surface area contributed by atoms with Crippen molar-refractivity contribution in [2.45, 2.75) is 51.9 Å². The maximum Gasteiger partial charge on any atom is 0.410 e. The first kappa shape index (κ1) is 17.0. The molecule has 2 rings (SSSR count). The Kier molecular flexibility index (Phi) is 4.67. The van der Waals surface area contributed by atoms with Gasteiger partial charge in [0.25, 0.3) is 0 Å². The van der Waals surface area contributed by atoms with Gasteiger partial charge in [-0.05, 0) is 50.0 Å². The number of aromatic hydroxyl groups is 1. The second-order valence-corrected chi connectivity index (χ2v) is 7.29. The zero-order chi connectivity index (χ0) is 16.7. The number of ether oxygens (including phenoxy) is 1. The molecule has 1 amide bonds. The summed E-state index contributed by atoms with van der Waals surface area (Å²) in [4.78, 5) is 18.0. The highest BCUT2D eigenvalue weighted by Gasteiger charge is 2.39. The molecule has 0 aromatic carbocycles. The summed E-state index contributed by atoms with van der Waals surface area (Å²) in [5, 5.41) is 20.2. The van der Waals surface area contributed by atoms with E-state index in [-0.39, 0.29) is 12.3 Å². The topological polar surface area (TPSA) is 82.9 Å². The van der Waals surface area contributed by atoms with E-state index in [1.807, 2.05) is 0 Å². The lowest BCUT2D eigenvalue weighted by Gasteiger charge is -2.29. The van der Waals surface area contributed by atoms with Gasteiger partial charge in [-0.25, -0.2) is 4.79 Å². The van der Waals surface area contributed by atoms with Crippen LogP contribution in [0.2, 0.25) is 0 Å². The summed E-state index contributed by atoms with van der Waals surface area (Å²) in [5.74, 6) is 0.0418. The monoisotopic (exact) mass is 372 g/mol. The van der Waals surface area contributed by atoms with E-state index >= 15 is 0 Å². The summed E-state index contributed by atoms with van der Waals surface area (Å²) >= 11 is 3.29. The van der Waals surface area contributed by atoms with Crippen molar-refractivity contribution in [3.63, 3.8) is 0 Å². The molecular formula is C15H21BrN2O4. The number of carbonyl (C=O) groups is 1. The molecule has 122 valence electrons. The molecule has 2 N–H and O–H groups in total. The second kappa shape index (κ2) is 6.04. The number of hydrogen-bond donors (Lipinski definition) is 2. The van der Waals surface area contributed by atoms with Gasteiger partial charge in [0.15, 0.2) is 0 Å². The van der Waals surface area contributed by atoms with Crippen LogP contribution in [0.15, 0.2) is 10.7 Å². The molecule has 1 aromatic rings. The number of pyridine rings is 1. The van der Waals surface area contributed by atoms with Crippen LogP contribution >= 0.6 is 15.9 Å². The highest BCUT2D eigenvalue weighted by molar-refractivity contribution is 9.10. The minimum Gasteiger partial charge on any atom is -0.506 e. The molecular weight excluding hydrogens is 352 g/mol. The number of aryl methyl sites for hydroxylation is 1. The minimum atomic E-state index is -0.656. The van der Waals surface area contributed by atoms with Crippen LogP contribution < -0.4 is 0 Å². The number of aliphatic hydroxyl groups excluding tert-OH is 1. The third kappa shape index (κ3) is 3.52. The molecule has 1 saturated heterocycles. The molecule has 6 nitrogen and oxygen atoms in total. The summed E-state index contributed by atoms with van der Waals surface area (Å²) in [6, 6.07) is -0.464. The van der Waals surface area contributed by atoms with Gasteiger partial charge >= 0.3 is 6.09 Å². The van der Waals surface area contributed by atoms with E-state index in [1.165, 1.54) is 11.1 Å². The minimum absolute atomic E-state index is 0.0418. The van der Waals surface area contributed by atoms with Crippen LogP contribution in [0, 0.1) is 6.92 Å². The lowest BCUT2D eigenvalue weighted by Crippen LogP contribution is -2.37. The Balaban J connectivity index is 2.32. The fourth-order valence-electron chi connectivity index (χ4n) is 2.46. The van der Waals surface area contributed by atoms with E-state index in [2.05, 4.69) is 20.9 Å². The number of carbonyl (C=O) groups excluding carboxylic acids is 1. The summed E-state index contributed by atoms with van der Waals surface area (Å²) in [5.41, 5.74) is 0.534. The van der Waals surface area contributed by atoms with Crippen molar-refractivity contribution >= 4 is 22.0 Å². The predicted molar refractivity (Wildman–Crippen MR) is 84.6 cm³/mol. The number of nitrogens with zero attached hydrogens (tertiary/aromatic N) is 2. The highest BCUT2D eigenvalue weighted by atomic mass is 79.9. The number of aromatic nitrogens is 1. The fraction of sp³-hybridized carbons (Fsp3) is 0.600. The lowest BCUT2D eigenvalue weighted by molar-refractivity contribution is 0.0205. The number of β-amino-alcohol motifs (C(OH)–C–C–N with tert-alkyl or cyclic N) is 1. The fourth-order valence-corrected chi connectivity index (χ4v) is 2.79. The molecule has 2 heterocycles. The van der Waals surface area contributed by atoms with Crippen LogP contribution in [0.4, 0.5) is 4.79 Å². The molecule has 1 aromatic heterocycles. The van der Waals surface area contributed by atoms with Gasteiger partial charge in [-0.2, -0.15) is 0 Å². The van der Waals surface area contributed by atoms with Gasteiger partial charge in [0, 0.05) is 11.8 Å². The molecule has 0 saturated carbocycles. The van der Waals surface area contributed by atoms with E-state index in [0.29, 0.717) is 22.2 Å². The molecule has 1 aliphatic heterocycles. The van der Waals surface area contributed by atoms with Crippen LogP contribution in [0.25, 0.3) is 0 Å². The van der Waals surface area contributed by atoms with E-state index in [1.54, 1.807) is 27.7 Å². The largest absolute Gasteiger partial charge is 0.506 e. The van der Waals surface area contributed by atoms with Gasteiger partial charge in [0.1, 0.15) is 11.4 Å². The quantitative estimate of drug-likeness (QED) is 0.791. The lowest BCUT2D eigenvalue weighted by atomic mass is 10.0. The first-order chi connectivity index (χ1) is 10.1. The molecule has 0 bridgehead atoms. The molecule has 0 aliphatic carbocycles. The number of aliphatic hydroxyl groups is 1. The van der Waals surface area contributed by atoms with Gasteiger partial charge in [-0.15, -0.1) is 0 Å². The number of rotatable bonds is 1. The third-order valence-corrected chi connectivity index (χ3v) is 4.41. The molecule has 1 unspecified atom stereocenters. The normalized spacial score (nSPS) is 22.0. The first-order valence-electron chi connectivity index (χ1n) is 7.12. The van der Waals surface area contributed by atoms with Crippen molar-refractivity contribution in [2.75, 3.05) is 6.54 Å². The van der Waals surface area contributed by atoms with E-state index in [9.17, 15) is 15.0 Å². The van der Waals surface area contributed by atoms with Gasteiger partial charge in [0.05, 0.1) is 28.9 Å². The van der Waals surface area contributed by atoms with Crippen molar-refractivity contribution in [1.29, 1.82) is 0 Å². The third-order valence-electron chi connectivity index (χ3n) is 3.46. The van der Waals surface area contributed by atoms with Crippen molar-refractivity contribution < 1.29 is 19.7 Å². The highest BCUT2D eigenvalue weighted by Crippen LogP contribution is 2.40. The Morgan fingerprint density at radius 1 is 1.50 bits per heavy atom. The maximum absolute atomic E-state index is 12.3. The zero-order valence-electron chi connectivity index (χ0n) is 13.1. The van der Waals surface area contributed by atoms with Crippen molar-refractivity contribution in [2.24, 2.45) is 0 Å². The number of halogens is 1. The SMILES string of the molecule is Cc1ncc(C2C[C@@H](O)CN2C(=O)OC(C)(C)C)c(O)c1Br. The van der Waals surface area contributed by atoms with Crippen molar-refractivity contribution in [1.82, 2.24) is 9.88 Å². The number of hydrogen-bond acceptors (Lipinski definition) is 5. The van der Waals surface area contributed by atoms with E-state index < -0.39 is 23.8 Å². The molecule has 2 atom stereocenters. The molecule has 0 radical (unpaired) electrons. The van der Waals surface area contributed by atoms with Crippen molar-refractivity contribution in [3.8, 4) is 5.75 Å². The van der Waals surface area contributed by atoms with Crippen LogP contribution in [0.3, 0.4) is 0 Å².